The lowest BCUT2D eigenvalue weighted by molar-refractivity contribution is -0.161. The van der Waals surface area contributed by atoms with Gasteiger partial charge in [0.05, 0.1) is 43.9 Å². The van der Waals surface area contributed by atoms with Gasteiger partial charge in [0.15, 0.2) is 6.29 Å². The highest BCUT2D eigenvalue weighted by molar-refractivity contribution is 5.95. The molecule has 358 valence electrons. The number of carboxylic acids is 1. The number of methoxy groups -OCH3 is 2. The van der Waals surface area contributed by atoms with Crippen LogP contribution >= 0.6 is 0 Å². The van der Waals surface area contributed by atoms with Gasteiger partial charge in [-0.3, -0.25) is 28.8 Å². The Balaban J connectivity index is 1.35. The summed E-state index contributed by atoms with van der Waals surface area (Å²) >= 11 is 0. The molecule has 0 spiro atoms. The standard InChI is InChI=1S/C49H62N8O10/c1-34-45(62)53(30-43(60)61)22-24-56(34)41(58)28-52-23-25-57(42(59)29-54(31-44(65-5)66-6)46(63)39(50)32-67-48(2,3)4)40(47(52)64)26-38-27-55(33-51-38)49(35-16-10-7-11-17-35,36-18-12-8-13-19-36)37-20-14-9-15-21-37/h7-21,27,33-34,39-40,44H,22-26,28-32,50H2,1-6H3,(H,60,61)/t34-,39-,40-/m0/s1. The Kier molecular flexibility index (Phi) is 16.3. The minimum absolute atomic E-state index is 0.00864. The molecule has 0 unspecified atom stereocenters. The Morgan fingerprint density at radius 1 is 0.776 bits per heavy atom. The first-order valence-corrected chi connectivity index (χ1v) is 22.3. The number of ether oxygens (including phenoxy) is 3. The van der Waals surface area contributed by atoms with Crippen LogP contribution in [0.5, 0.6) is 0 Å². The minimum Gasteiger partial charge on any atom is -0.480 e. The van der Waals surface area contributed by atoms with Gasteiger partial charge in [-0.1, -0.05) is 91.0 Å². The van der Waals surface area contributed by atoms with Crippen LogP contribution in [0.4, 0.5) is 0 Å². The van der Waals surface area contributed by atoms with Crippen LogP contribution in [0.1, 0.15) is 50.1 Å². The molecule has 2 aliphatic heterocycles. The van der Waals surface area contributed by atoms with E-state index in [4.69, 9.17) is 24.9 Å². The molecule has 4 aromatic rings. The van der Waals surface area contributed by atoms with Gasteiger partial charge in [-0.2, -0.15) is 0 Å². The lowest BCUT2D eigenvalue weighted by atomic mass is 9.77. The predicted octanol–water partition coefficient (Wildman–Crippen LogP) is 2.04. The van der Waals surface area contributed by atoms with E-state index in [-0.39, 0.29) is 45.8 Å². The number of nitrogens with two attached hydrogens (primary N) is 1. The van der Waals surface area contributed by atoms with Gasteiger partial charge in [0.2, 0.25) is 29.5 Å². The van der Waals surface area contributed by atoms with Gasteiger partial charge in [-0.25, -0.2) is 4.98 Å². The first kappa shape index (κ1) is 50.0. The molecule has 0 saturated carbocycles. The van der Waals surface area contributed by atoms with Crippen molar-refractivity contribution in [2.24, 2.45) is 5.73 Å². The van der Waals surface area contributed by atoms with Crippen molar-refractivity contribution < 1.29 is 48.1 Å². The molecule has 0 bridgehead atoms. The summed E-state index contributed by atoms with van der Waals surface area (Å²) in [5.41, 5.74) is 8.15. The molecule has 6 rings (SSSR count). The van der Waals surface area contributed by atoms with Crippen molar-refractivity contribution in [1.29, 1.82) is 0 Å². The van der Waals surface area contributed by atoms with Crippen molar-refractivity contribution in [3.05, 3.63) is 126 Å². The second-order valence-corrected chi connectivity index (χ2v) is 17.7. The number of carboxylic acid groups (broad SMARTS) is 1. The molecule has 2 aliphatic rings. The monoisotopic (exact) mass is 922 g/mol. The van der Waals surface area contributed by atoms with Crippen LogP contribution in [0, 0.1) is 0 Å². The molecule has 67 heavy (non-hydrogen) atoms. The molecule has 0 radical (unpaired) electrons. The van der Waals surface area contributed by atoms with E-state index in [9.17, 15) is 33.9 Å². The fraction of sp³-hybridized carbons (Fsp3) is 0.449. The van der Waals surface area contributed by atoms with E-state index in [1.807, 2.05) is 123 Å². The topological polar surface area (TPSA) is 210 Å². The average Bonchev–Trinajstić information content (AvgIpc) is 3.79. The van der Waals surface area contributed by atoms with Crippen LogP contribution in [-0.2, 0) is 54.9 Å². The Morgan fingerprint density at radius 2 is 1.30 bits per heavy atom. The number of carbonyl (C=O) groups is 6. The number of hydrogen-bond donors (Lipinski definition) is 2. The second kappa shape index (κ2) is 21.9. The van der Waals surface area contributed by atoms with Gasteiger partial charge in [-0.15, -0.1) is 0 Å². The maximum absolute atomic E-state index is 14.9. The summed E-state index contributed by atoms with van der Waals surface area (Å²) in [6, 6.07) is 26.7. The van der Waals surface area contributed by atoms with Gasteiger partial charge in [0.25, 0.3) is 0 Å². The normalized spacial score (nSPS) is 17.5. The third-order valence-electron chi connectivity index (χ3n) is 12.2. The molecule has 18 nitrogen and oxygen atoms in total. The first-order chi connectivity index (χ1) is 32.0. The second-order valence-electron chi connectivity index (χ2n) is 17.7. The van der Waals surface area contributed by atoms with E-state index < -0.39 is 90.7 Å². The summed E-state index contributed by atoms with van der Waals surface area (Å²) in [5.74, 6) is -3.86. The van der Waals surface area contributed by atoms with Crippen LogP contribution in [-0.4, -0.2) is 178 Å². The van der Waals surface area contributed by atoms with Gasteiger partial charge in [-0.05, 0) is 44.4 Å². The summed E-state index contributed by atoms with van der Waals surface area (Å²) in [4.78, 5) is 93.2. The highest BCUT2D eigenvalue weighted by Crippen LogP contribution is 2.41. The molecule has 3 N–H and O–H groups in total. The van der Waals surface area contributed by atoms with E-state index in [0.717, 1.165) is 16.7 Å². The minimum atomic E-state index is -1.18. The smallest absolute Gasteiger partial charge is 0.323 e. The van der Waals surface area contributed by atoms with Crippen LogP contribution < -0.4 is 5.73 Å². The molecule has 1 aromatic heterocycles. The summed E-state index contributed by atoms with van der Waals surface area (Å²) in [7, 11) is 2.81. The van der Waals surface area contributed by atoms with E-state index in [1.165, 1.54) is 45.6 Å². The number of aromatic nitrogens is 2. The lowest BCUT2D eigenvalue weighted by Gasteiger charge is -2.43. The SMILES string of the molecule is COC(CN(CC(=O)N1CCN(CC(=O)N2CCN(CC(=O)O)C(=O)[C@@H]2C)C(=O)[C@@H]1Cc1cn(C(c2ccccc2)(c2ccccc2)c2ccccc2)cn1)C(=O)[C@@H](N)COC(C)(C)C)OC. The van der Waals surface area contributed by atoms with Crippen LogP contribution in [0.25, 0.3) is 0 Å². The zero-order chi connectivity index (χ0) is 48.5. The van der Waals surface area contributed by atoms with E-state index in [2.05, 4.69) is 0 Å². The van der Waals surface area contributed by atoms with Crippen molar-refractivity contribution in [3.8, 4) is 0 Å². The molecule has 18 heteroatoms. The number of amides is 5. The summed E-state index contributed by atoms with van der Waals surface area (Å²) in [5, 5.41) is 9.29. The molecule has 2 fully saturated rings. The molecule has 3 atom stereocenters. The summed E-state index contributed by atoms with van der Waals surface area (Å²) in [6.45, 7) is 5.43. The molecule has 2 saturated heterocycles. The van der Waals surface area contributed by atoms with Crippen molar-refractivity contribution >= 4 is 35.5 Å². The number of imidazole rings is 1. The third kappa shape index (κ3) is 11.6. The van der Waals surface area contributed by atoms with E-state index in [1.54, 1.807) is 6.33 Å². The zero-order valence-electron chi connectivity index (χ0n) is 39.0. The fourth-order valence-corrected chi connectivity index (χ4v) is 8.73. The van der Waals surface area contributed by atoms with Crippen LogP contribution in [0.15, 0.2) is 104 Å². The highest BCUT2D eigenvalue weighted by atomic mass is 16.7. The molecular formula is C49H62N8O10. The van der Waals surface area contributed by atoms with Gasteiger partial charge in [0, 0.05) is 53.0 Å². The van der Waals surface area contributed by atoms with E-state index in [0.29, 0.717) is 5.69 Å². The molecule has 3 aromatic carbocycles. The van der Waals surface area contributed by atoms with E-state index >= 15 is 0 Å². The zero-order valence-corrected chi connectivity index (χ0v) is 39.0. The van der Waals surface area contributed by atoms with Gasteiger partial charge < -0.3 is 54.1 Å². The summed E-state index contributed by atoms with van der Waals surface area (Å²) in [6.07, 6.45) is 2.60. The number of piperazine rings is 2. The largest absolute Gasteiger partial charge is 0.480 e. The number of benzene rings is 3. The number of carbonyl (C=O) groups excluding carboxylic acids is 5. The lowest BCUT2D eigenvalue weighted by Crippen LogP contribution is -2.64. The highest BCUT2D eigenvalue weighted by Gasteiger charge is 2.43. The quantitative estimate of drug-likeness (QED) is 0.102. The predicted molar refractivity (Wildman–Crippen MR) is 246 cm³/mol. The summed E-state index contributed by atoms with van der Waals surface area (Å²) < 4.78 is 18.6. The van der Waals surface area contributed by atoms with Crippen molar-refractivity contribution in [2.75, 3.05) is 73.2 Å². The number of nitrogens with zero attached hydrogens (tertiary/aromatic N) is 7. The van der Waals surface area contributed by atoms with Crippen LogP contribution in [0.3, 0.4) is 0 Å². The van der Waals surface area contributed by atoms with Gasteiger partial charge >= 0.3 is 5.97 Å². The van der Waals surface area contributed by atoms with Crippen molar-refractivity contribution in [3.63, 3.8) is 0 Å². The average molecular weight is 923 g/mol. The maximum atomic E-state index is 14.9. The number of aliphatic carboxylic acids is 1. The molecule has 3 heterocycles. The van der Waals surface area contributed by atoms with Crippen molar-refractivity contribution in [1.82, 2.24) is 34.1 Å². The van der Waals surface area contributed by atoms with Gasteiger partial charge in [0.1, 0.15) is 30.2 Å². The Labute approximate surface area is 391 Å². The molecule has 5 amide bonds. The Bertz CT molecular complexity index is 2240. The van der Waals surface area contributed by atoms with Crippen LogP contribution in [0.2, 0.25) is 0 Å². The van der Waals surface area contributed by atoms with Crippen molar-refractivity contribution in [2.45, 2.75) is 69.7 Å². The molecular weight excluding hydrogens is 861 g/mol. The number of rotatable bonds is 19. The number of hydrogen-bond acceptors (Lipinski definition) is 11. The Hall–Kier alpha value is -6.47. The first-order valence-electron chi connectivity index (χ1n) is 22.3. The maximum Gasteiger partial charge on any atom is 0.323 e. The fourth-order valence-electron chi connectivity index (χ4n) is 8.73. The molecule has 0 aliphatic carbocycles. The Morgan fingerprint density at radius 3 is 1.81 bits per heavy atom. The third-order valence-corrected chi connectivity index (χ3v) is 12.2.